The Balaban J connectivity index is 1.40. The van der Waals surface area contributed by atoms with Crippen molar-refractivity contribution >= 4 is 17.5 Å². The van der Waals surface area contributed by atoms with E-state index < -0.39 is 5.92 Å². The third kappa shape index (κ3) is 4.25. The van der Waals surface area contributed by atoms with Gasteiger partial charge in [0, 0.05) is 18.7 Å². The third-order valence-corrected chi connectivity index (χ3v) is 5.57. The van der Waals surface area contributed by atoms with Gasteiger partial charge in [0.05, 0.1) is 25.3 Å². The fourth-order valence-corrected chi connectivity index (χ4v) is 3.58. The summed E-state index contributed by atoms with van der Waals surface area (Å²) in [5.41, 5.74) is 3.86. The highest BCUT2D eigenvalue weighted by Crippen LogP contribution is 2.27. The number of hydrogen-bond donors (Lipinski definition) is 1. The number of hydrogen-bond acceptors (Lipinski definition) is 6. The molecular formula is C22H24N6O3. The van der Waals surface area contributed by atoms with Crippen molar-refractivity contribution in [2.75, 3.05) is 18.6 Å². The number of methoxy groups -OCH3 is 1. The summed E-state index contributed by atoms with van der Waals surface area (Å²) in [5.74, 6) is 0.564. The van der Waals surface area contributed by atoms with E-state index in [1.54, 1.807) is 16.7 Å². The van der Waals surface area contributed by atoms with Crippen LogP contribution in [0, 0.1) is 19.8 Å². The molecule has 2 amide bonds. The van der Waals surface area contributed by atoms with E-state index in [1.807, 2.05) is 56.3 Å². The maximum atomic E-state index is 12.7. The molecule has 9 heteroatoms. The summed E-state index contributed by atoms with van der Waals surface area (Å²) in [4.78, 5) is 26.9. The molecule has 9 nitrogen and oxygen atoms in total. The van der Waals surface area contributed by atoms with Crippen LogP contribution in [0.4, 0.5) is 5.69 Å². The van der Waals surface area contributed by atoms with Crippen LogP contribution < -0.4 is 15.0 Å². The molecule has 0 aliphatic carbocycles. The molecule has 2 heterocycles. The van der Waals surface area contributed by atoms with Crippen molar-refractivity contribution in [3.05, 3.63) is 59.4 Å². The zero-order valence-corrected chi connectivity index (χ0v) is 17.7. The van der Waals surface area contributed by atoms with E-state index in [0.29, 0.717) is 12.4 Å². The number of anilines is 1. The zero-order chi connectivity index (χ0) is 22.0. The summed E-state index contributed by atoms with van der Waals surface area (Å²) in [5, 5.41) is 14.6. The van der Waals surface area contributed by atoms with Crippen LogP contribution in [0.3, 0.4) is 0 Å². The first-order valence-electron chi connectivity index (χ1n) is 10.0. The number of amides is 2. The van der Waals surface area contributed by atoms with Gasteiger partial charge in [0.1, 0.15) is 5.75 Å². The van der Waals surface area contributed by atoms with Gasteiger partial charge in [0.25, 0.3) is 0 Å². The van der Waals surface area contributed by atoms with Crippen LogP contribution in [-0.2, 0) is 16.1 Å². The second kappa shape index (κ2) is 8.55. The maximum absolute atomic E-state index is 12.7. The lowest BCUT2D eigenvalue weighted by atomic mass is 10.1. The Morgan fingerprint density at radius 1 is 1.13 bits per heavy atom. The molecule has 3 aromatic rings. The summed E-state index contributed by atoms with van der Waals surface area (Å²) >= 11 is 0. The molecule has 1 aliphatic rings. The Bertz CT molecular complexity index is 1110. The van der Waals surface area contributed by atoms with Crippen LogP contribution in [0.2, 0.25) is 0 Å². The Hall–Kier alpha value is -3.75. The third-order valence-electron chi connectivity index (χ3n) is 5.57. The molecule has 0 saturated carbocycles. The van der Waals surface area contributed by atoms with E-state index in [1.165, 1.54) is 5.56 Å². The number of benzene rings is 2. The van der Waals surface area contributed by atoms with Crippen molar-refractivity contribution in [1.82, 2.24) is 25.5 Å². The van der Waals surface area contributed by atoms with Gasteiger partial charge in [-0.05, 0) is 71.8 Å². The number of carbonyl (C=O) groups is 2. The molecule has 1 aliphatic heterocycles. The number of rotatable bonds is 6. The van der Waals surface area contributed by atoms with Crippen molar-refractivity contribution in [2.24, 2.45) is 5.92 Å². The van der Waals surface area contributed by atoms with E-state index in [-0.39, 0.29) is 24.8 Å². The first kappa shape index (κ1) is 20.5. The average molecular weight is 420 g/mol. The standard InChI is InChI=1S/C22H24N6O3/c1-14-4-5-18(10-15(14)2)27-13-16(11-21(27)29)22(30)23-12-20-24-25-26-28(20)17-6-8-19(31-3)9-7-17/h4-10,16H,11-13H2,1-3H3,(H,23,30)/t16-/m0/s1. The number of ether oxygens (including phenoxy) is 1. The van der Waals surface area contributed by atoms with Gasteiger partial charge in [-0.3, -0.25) is 9.59 Å². The lowest BCUT2D eigenvalue weighted by Crippen LogP contribution is -2.33. The van der Waals surface area contributed by atoms with Crippen LogP contribution in [0.5, 0.6) is 5.75 Å². The summed E-state index contributed by atoms with van der Waals surface area (Å²) in [6, 6.07) is 13.2. The predicted molar refractivity (Wildman–Crippen MR) is 114 cm³/mol. The van der Waals surface area contributed by atoms with Crippen LogP contribution in [-0.4, -0.2) is 45.7 Å². The smallest absolute Gasteiger partial charge is 0.227 e. The Morgan fingerprint density at radius 3 is 2.58 bits per heavy atom. The normalized spacial score (nSPS) is 15.9. The van der Waals surface area contributed by atoms with E-state index in [2.05, 4.69) is 20.8 Å². The van der Waals surface area contributed by atoms with Gasteiger partial charge in [0.2, 0.25) is 11.8 Å². The van der Waals surface area contributed by atoms with Gasteiger partial charge in [-0.15, -0.1) is 5.10 Å². The van der Waals surface area contributed by atoms with Crippen LogP contribution in [0.15, 0.2) is 42.5 Å². The molecule has 0 bridgehead atoms. The quantitative estimate of drug-likeness (QED) is 0.654. The molecule has 2 aromatic carbocycles. The molecule has 1 saturated heterocycles. The first-order chi connectivity index (χ1) is 15.0. The van der Waals surface area contributed by atoms with Crippen molar-refractivity contribution < 1.29 is 14.3 Å². The van der Waals surface area contributed by atoms with Crippen molar-refractivity contribution in [3.8, 4) is 11.4 Å². The number of nitrogens with one attached hydrogen (secondary N) is 1. The lowest BCUT2D eigenvalue weighted by molar-refractivity contribution is -0.126. The van der Waals surface area contributed by atoms with Crippen molar-refractivity contribution in [1.29, 1.82) is 0 Å². The molecule has 1 aromatic heterocycles. The minimum atomic E-state index is -0.417. The van der Waals surface area contributed by atoms with Crippen molar-refractivity contribution in [2.45, 2.75) is 26.8 Å². The van der Waals surface area contributed by atoms with Gasteiger partial charge in [-0.25, -0.2) is 0 Å². The Kier molecular flexibility index (Phi) is 5.66. The van der Waals surface area contributed by atoms with E-state index >= 15 is 0 Å². The second-order valence-electron chi connectivity index (χ2n) is 7.60. The first-order valence-corrected chi connectivity index (χ1v) is 10.0. The summed E-state index contributed by atoms with van der Waals surface area (Å²) < 4.78 is 6.72. The molecule has 160 valence electrons. The fraction of sp³-hybridized carbons (Fsp3) is 0.318. The fourth-order valence-electron chi connectivity index (χ4n) is 3.58. The highest BCUT2D eigenvalue weighted by Gasteiger charge is 2.35. The predicted octanol–water partition coefficient (Wildman–Crippen LogP) is 1.96. The highest BCUT2D eigenvalue weighted by molar-refractivity contribution is 6.00. The topological polar surface area (TPSA) is 102 Å². The minimum Gasteiger partial charge on any atom is -0.497 e. The van der Waals surface area contributed by atoms with Gasteiger partial charge >= 0.3 is 0 Å². The monoisotopic (exact) mass is 420 g/mol. The van der Waals surface area contributed by atoms with E-state index in [9.17, 15) is 9.59 Å². The molecule has 4 rings (SSSR count). The average Bonchev–Trinajstić information content (AvgIpc) is 3.41. The van der Waals surface area contributed by atoms with E-state index in [4.69, 9.17) is 4.74 Å². The summed E-state index contributed by atoms with van der Waals surface area (Å²) in [6.07, 6.45) is 0.183. The van der Waals surface area contributed by atoms with Crippen LogP contribution >= 0.6 is 0 Å². The molecule has 31 heavy (non-hydrogen) atoms. The van der Waals surface area contributed by atoms with Gasteiger partial charge in [-0.1, -0.05) is 6.07 Å². The summed E-state index contributed by atoms with van der Waals surface area (Å²) in [6.45, 7) is 4.56. The van der Waals surface area contributed by atoms with E-state index in [0.717, 1.165) is 22.7 Å². The number of carbonyl (C=O) groups excluding carboxylic acids is 2. The molecule has 0 spiro atoms. The van der Waals surface area contributed by atoms with Crippen LogP contribution in [0.1, 0.15) is 23.4 Å². The number of tetrazole rings is 1. The van der Waals surface area contributed by atoms with Crippen LogP contribution in [0.25, 0.3) is 5.69 Å². The number of nitrogens with zero attached hydrogens (tertiary/aromatic N) is 5. The number of aryl methyl sites for hydroxylation is 2. The summed E-state index contributed by atoms with van der Waals surface area (Å²) in [7, 11) is 1.60. The lowest BCUT2D eigenvalue weighted by Gasteiger charge is -2.18. The van der Waals surface area contributed by atoms with Gasteiger partial charge < -0.3 is 15.0 Å². The van der Waals surface area contributed by atoms with Crippen molar-refractivity contribution in [3.63, 3.8) is 0 Å². The highest BCUT2D eigenvalue weighted by atomic mass is 16.5. The molecule has 0 radical (unpaired) electrons. The number of aromatic nitrogens is 4. The molecular weight excluding hydrogens is 396 g/mol. The minimum absolute atomic E-state index is 0.0496. The molecule has 1 N–H and O–H groups in total. The zero-order valence-electron chi connectivity index (χ0n) is 17.7. The van der Waals surface area contributed by atoms with Gasteiger partial charge in [-0.2, -0.15) is 4.68 Å². The van der Waals surface area contributed by atoms with Gasteiger partial charge in [0.15, 0.2) is 5.82 Å². The molecule has 0 unspecified atom stereocenters. The maximum Gasteiger partial charge on any atom is 0.227 e. The Morgan fingerprint density at radius 2 is 1.87 bits per heavy atom. The molecule has 1 fully saturated rings. The SMILES string of the molecule is COc1ccc(-n2nnnc2CNC(=O)[C@H]2CC(=O)N(c3ccc(C)c(C)c3)C2)cc1. The second-order valence-corrected chi connectivity index (χ2v) is 7.60. The Labute approximate surface area is 180 Å². The molecule has 1 atom stereocenters. The largest absolute Gasteiger partial charge is 0.497 e.